The van der Waals surface area contributed by atoms with E-state index in [4.69, 9.17) is 4.98 Å². The maximum Gasteiger partial charge on any atom is 0.0725 e. The lowest BCUT2D eigenvalue weighted by atomic mass is 9.70. The van der Waals surface area contributed by atoms with Gasteiger partial charge in [0.15, 0.2) is 0 Å². The number of nitrogens with zero attached hydrogens (tertiary/aromatic N) is 1. The second kappa shape index (κ2) is 6.38. The van der Waals surface area contributed by atoms with Crippen LogP contribution in [0.1, 0.15) is 33.4 Å². The average Bonchev–Trinajstić information content (AvgIpc) is 3.55. The second-order valence-corrected chi connectivity index (χ2v) is 10.3. The molecule has 1 aromatic heterocycles. The number of benzene rings is 5. The molecule has 166 valence electrons. The summed E-state index contributed by atoms with van der Waals surface area (Å²) in [5.74, 6) is 0. The topological polar surface area (TPSA) is 12.9 Å². The molecule has 0 saturated carbocycles. The van der Waals surface area contributed by atoms with Gasteiger partial charge in [0.2, 0.25) is 0 Å². The maximum absolute atomic E-state index is 4.71. The van der Waals surface area contributed by atoms with Crippen molar-refractivity contribution in [1.82, 2.24) is 4.98 Å². The standard InChI is InChI=1S/C35H21N/c1-2-9-23-21(8-1)18-22-19-32-28(20-27(22)23)24-10-3-5-13-29(24)35(32)30-14-6-4-11-25(30)34-26-12-7-17-36-33(26)16-15-31(34)35/h1-17,19-20H,18H2. The molecular weight excluding hydrogens is 434 g/mol. The summed E-state index contributed by atoms with van der Waals surface area (Å²) >= 11 is 0. The maximum atomic E-state index is 4.71. The molecule has 5 aromatic carbocycles. The summed E-state index contributed by atoms with van der Waals surface area (Å²) in [4.78, 5) is 4.71. The van der Waals surface area contributed by atoms with Gasteiger partial charge >= 0.3 is 0 Å². The lowest BCUT2D eigenvalue weighted by molar-refractivity contribution is 0.793. The van der Waals surface area contributed by atoms with E-state index in [9.17, 15) is 0 Å². The fourth-order valence-electron chi connectivity index (χ4n) is 7.42. The fourth-order valence-corrected chi connectivity index (χ4v) is 7.42. The summed E-state index contributed by atoms with van der Waals surface area (Å²) < 4.78 is 0. The van der Waals surface area contributed by atoms with Gasteiger partial charge in [-0.1, -0.05) is 91.0 Å². The first kappa shape index (κ1) is 18.8. The minimum Gasteiger partial charge on any atom is -0.256 e. The molecule has 1 unspecified atom stereocenters. The van der Waals surface area contributed by atoms with Crippen molar-refractivity contribution < 1.29 is 0 Å². The van der Waals surface area contributed by atoms with E-state index in [2.05, 4.69) is 109 Å². The molecule has 1 heterocycles. The van der Waals surface area contributed by atoms with Crippen LogP contribution in [0, 0.1) is 0 Å². The van der Waals surface area contributed by atoms with E-state index >= 15 is 0 Å². The summed E-state index contributed by atoms with van der Waals surface area (Å²) in [6, 6.07) is 40.9. The Morgan fingerprint density at radius 2 is 1.25 bits per heavy atom. The van der Waals surface area contributed by atoms with E-state index in [1.807, 2.05) is 6.20 Å². The van der Waals surface area contributed by atoms with Gasteiger partial charge in [0, 0.05) is 11.6 Å². The zero-order valence-electron chi connectivity index (χ0n) is 19.6. The van der Waals surface area contributed by atoms with Crippen molar-refractivity contribution >= 4 is 10.9 Å². The zero-order valence-corrected chi connectivity index (χ0v) is 19.6. The van der Waals surface area contributed by atoms with Crippen molar-refractivity contribution in [3.63, 3.8) is 0 Å². The van der Waals surface area contributed by atoms with Crippen LogP contribution in [0.15, 0.2) is 115 Å². The van der Waals surface area contributed by atoms with E-state index in [1.165, 1.54) is 72.1 Å². The molecule has 0 aliphatic heterocycles. The van der Waals surface area contributed by atoms with Crippen molar-refractivity contribution in [1.29, 1.82) is 0 Å². The van der Waals surface area contributed by atoms with Gasteiger partial charge in [0.1, 0.15) is 0 Å². The van der Waals surface area contributed by atoms with Crippen LogP contribution >= 0.6 is 0 Å². The molecule has 9 rings (SSSR count). The minimum atomic E-state index is -0.314. The summed E-state index contributed by atoms with van der Waals surface area (Å²) in [5, 5.41) is 1.24. The van der Waals surface area contributed by atoms with E-state index < -0.39 is 0 Å². The third-order valence-electron chi connectivity index (χ3n) is 8.75. The van der Waals surface area contributed by atoms with Gasteiger partial charge in [-0.05, 0) is 91.4 Å². The molecule has 0 radical (unpaired) electrons. The molecule has 0 N–H and O–H groups in total. The van der Waals surface area contributed by atoms with E-state index in [-0.39, 0.29) is 5.41 Å². The molecule has 1 atom stereocenters. The lowest BCUT2D eigenvalue weighted by Gasteiger charge is -2.30. The first-order valence-corrected chi connectivity index (χ1v) is 12.7. The van der Waals surface area contributed by atoms with Gasteiger partial charge in [0.05, 0.1) is 10.9 Å². The molecule has 36 heavy (non-hydrogen) atoms. The molecular formula is C35H21N. The van der Waals surface area contributed by atoms with Crippen LogP contribution in [0.25, 0.3) is 44.3 Å². The molecule has 1 nitrogen and oxygen atoms in total. The first-order chi connectivity index (χ1) is 17.9. The van der Waals surface area contributed by atoms with Crippen LogP contribution < -0.4 is 0 Å². The zero-order chi connectivity index (χ0) is 23.4. The third kappa shape index (κ3) is 2.04. The Hall–Kier alpha value is -4.49. The number of rotatable bonds is 0. The normalized spacial score (nSPS) is 17.4. The van der Waals surface area contributed by atoms with Crippen LogP contribution in [0.2, 0.25) is 0 Å². The molecule has 3 aliphatic rings. The smallest absolute Gasteiger partial charge is 0.0725 e. The van der Waals surface area contributed by atoms with Crippen molar-refractivity contribution in [2.24, 2.45) is 0 Å². The quantitative estimate of drug-likeness (QED) is 0.225. The third-order valence-corrected chi connectivity index (χ3v) is 8.75. The van der Waals surface area contributed by atoms with Crippen LogP contribution in [-0.4, -0.2) is 4.98 Å². The van der Waals surface area contributed by atoms with Gasteiger partial charge in [-0.2, -0.15) is 0 Å². The Kier molecular flexibility index (Phi) is 3.33. The number of fused-ring (bicyclic) bond motifs is 15. The first-order valence-electron chi connectivity index (χ1n) is 12.7. The van der Waals surface area contributed by atoms with Crippen molar-refractivity contribution in [3.05, 3.63) is 149 Å². The van der Waals surface area contributed by atoms with Crippen molar-refractivity contribution in [2.75, 3.05) is 0 Å². The monoisotopic (exact) mass is 455 g/mol. The van der Waals surface area contributed by atoms with Crippen LogP contribution in [-0.2, 0) is 11.8 Å². The summed E-state index contributed by atoms with van der Waals surface area (Å²) in [6.45, 7) is 0. The summed E-state index contributed by atoms with van der Waals surface area (Å²) in [5.41, 5.74) is 17.4. The number of aromatic nitrogens is 1. The number of pyridine rings is 1. The van der Waals surface area contributed by atoms with Crippen LogP contribution in [0.3, 0.4) is 0 Å². The Balaban J connectivity index is 1.46. The molecule has 1 spiro atoms. The highest BCUT2D eigenvalue weighted by molar-refractivity contribution is 6.05. The van der Waals surface area contributed by atoms with Crippen LogP contribution in [0.5, 0.6) is 0 Å². The average molecular weight is 456 g/mol. The lowest BCUT2D eigenvalue weighted by Crippen LogP contribution is -2.26. The van der Waals surface area contributed by atoms with E-state index in [0.717, 1.165) is 11.9 Å². The van der Waals surface area contributed by atoms with Crippen LogP contribution in [0.4, 0.5) is 0 Å². The van der Waals surface area contributed by atoms with Crippen molar-refractivity contribution in [3.8, 4) is 33.4 Å². The number of hydrogen-bond donors (Lipinski definition) is 0. The summed E-state index contributed by atoms with van der Waals surface area (Å²) in [6.07, 6.45) is 2.90. The summed E-state index contributed by atoms with van der Waals surface area (Å²) in [7, 11) is 0. The van der Waals surface area contributed by atoms with Crippen molar-refractivity contribution in [2.45, 2.75) is 11.8 Å². The highest BCUT2D eigenvalue weighted by atomic mass is 14.6. The SMILES string of the molecule is c1ccc2c(c1)Cc1cc3c(cc1-2)-c1ccccc1C31c2ccccc2-c2c1ccc1ncccc21. The van der Waals surface area contributed by atoms with Gasteiger partial charge in [-0.25, -0.2) is 0 Å². The van der Waals surface area contributed by atoms with Gasteiger partial charge < -0.3 is 0 Å². The molecule has 0 bridgehead atoms. The van der Waals surface area contributed by atoms with Gasteiger partial charge in [0.25, 0.3) is 0 Å². The number of hydrogen-bond acceptors (Lipinski definition) is 1. The Morgan fingerprint density at radius 1 is 0.500 bits per heavy atom. The molecule has 1 heteroatoms. The van der Waals surface area contributed by atoms with Gasteiger partial charge in [-0.3, -0.25) is 4.98 Å². The molecule has 0 amide bonds. The molecule has 6 aromatic rings. The largest absolute Gasteiger partial charge is 0.256 e. The predicted molar refractivity (Wildman–Crippen MR) is 146 cm³/mol. The minimum absolute atomic E-state index is 0.314. The van der Waals surface area contributed by atoms with Gasteiger partial charge in [-0.15, -0.1) is 0 Å². The second-order valence-electron chi connectivity index (χ2n) is 10.3. The van der Waals surface area contributed by atoms with E-state index in [0.29, 0.717) is 0 Å². The molecule has 0 fully saturated rings. The fraction of sp³-hybridized carbons (Fsp3) is 0.0571. The molecule has 0 saturated heterocycles. The van der Waals surface area contributed by atoms with E-state index in [1.54, 1.807) is 0 Å². The molecule has 3 aliphatic carbocycles. The Labute approximate surface area is 209 Å². The Bertz CT molecular complexity index is 1930. The predicted octanol–water partition coefficient (Wildman–Crippen LogP) is 8.15. The highest BCUT2D eigenvalue weighted by Crippen LogP contribution is 2.64. The Morgan fingerprint density at radius 3 is 2.14 bits per heavy atom. The highest BCUT2D eigenvalue weighted by Gasteiger charge is 2.52.